The molecule has 1 N–H and O–H groups in total. The zero-order valence-corrected chi connectivity index (χ0v) is 9.15. The Morgan fingerprint density at radius 1 is 1.47 bits per heavy atom. The quantitative estimate of drug-likeness (QED) is 0.761. The molecule has 0 aliphatic carbocycles. The molecule has 0 bridgehead atoms. The van der Waals surface area contributed by atoms with Crippen molar-refractivity contribution >= 4 is 5.97 Å². The van der Waals surface area contributed by atoms with Crippen LogP contribution in [-0.2, 0) is 11.3 Å². The fraction of sp³-hybridized carbons (Fsp3) is 0.364. The van der Waals surface area contributed by atoms with E-state index in [-0.39, 0.29) is 11.3 Å². The number of carbonyl (C=O) groups is 1. The van der Waals surface area contributed by atoms with Gasteiger partial charge in [0, 0.05) is 6.54 Å². The maximum atomic E-state index is 11.3. The van der Waals surface area contributed by atoms with Gasteiger partial charge in [-0.25, -0.2) is 4.79 Å². The molecule has 0 spiro atoms. The second-order valence-electron chi connectivity index (χ2n) is 3.58. The summed E-state index contributed by atoms with van der Waals surface area (Å²) in [5, 5.41) is 9.46. The zero-order valence-electron chi connectivity index (χ0n) is 9.15. The van der Waals surface area contributed by atoms with Gasteiger partial charge in [0.25, 0.3) is 0 Å². The summed E-state index contributed by atoms with van der Waals surface area (Å²) in [7, 11) is 5.16. The van der Waals surface area contributed by atoms with E-state index < -0.39 is 5.97 Å². The molecule has 0 atom stereocenters. The summed E-state index contributed by atoms with van der Waals surface area (Å²) in [6.45, 7) is 0.713. The number of phenols is 1. The number of rotatable bonds is 3. The van der Waals surface area contributed by atoms with Crippen molar-refractivity contribution in [2.24, 2.45) is 0 Å². The van der Waals surface area contributed by atoms with Gasteiger partial charge in [-0.15, -0.1) is 0 Å². The Hall–Kier alpha value is -1.55. The fourth-order valence-corrected chi connectivity index (χ4v) is 1.32. The van der Waals surface area contributed by atoms with Gasteiger partial charge in [-0.2, -0.15) is 0 Å². The van der Waals surface area contributed by atoms with Crippen molar-refractivity contribution < 1.29 is 14.6 Å². The van der Waals surface area contributed by atoms with E-state index in [2.05, 4.69) is 4.74 Å². The second-order valence-corrected chi connectivity index (χ2v) is 3.58. The van der Waals surface area contributed by atoms with E-state index in [0.29, 0.717) is 6.54 Å². The Bertz CT molecular complexity index is 361. The molecule has 82 valence electrons. The number of esters is 1. The Morgan fingerprint density at radius 2 is 2.13 bits per heavy atom. The van der Waals surface area contributed by atoms with Gasteiger partial charge in [-0.1, -0.05) is 6.07 Å². The highest BCUT2D eigenvalue weighted by atomic mass is 16.5. The number of benzene rings is 1. The normalized spacial score (nSPS) is 10.4. The predicted octanol–water partition coefficient (Wildman–Crippen LogP) is 1.24. The Balaban J connectivity index is 3.00. The van der Waals surface area contributed by atoms with Crippen molar-refractivity contribution in [2.45, 2.75) is 6.54 Å². The third-order valence-electron chi connectivity index (χ3n) is 1.97. The van der Waals surface area contributed by atoms with Crippen molar-refractivity contribution in [3.63, 3.8) is 0 Å². The van der Waals surface area contributed by atoms with Gasteiger partial charge in [0.2, 0.25) is 0 Å². The van der Waals surface area contributed by atoms with E-state index in [4.69, 9.17) is 0 Å². The number of aromatic hydroxyl groups is 1. The van der Waals surface area contributed by atoms with Crippen LogP contribution in [0.2, 0.25) is 0 Å². The summed E-state index contributed by atoms with van der Waals surface area (Å²) in [5.74, 6) is -0.572. The first-order valence-electron chi connectivity index (χ1n) is 4.59. The molecule has 0 saturated carbocycles. The smallest absolute Gasteiger partial charge is 0.341 e. The first kappa shape index (κ1) is 11.5. The van der Waals surface area contributed by atoms with Gasteiger partial charge >= 0.3 is 5.97 Å². The molecule has 1 rings (SSSR count). The van der Waals surface area contributed by atoms with Gasteiger partial charge in [0.05, 0.1) is 7.11 Å². The summed E-state index contributed by atoms with van der Waals surface area (Å²) in [5.41, 5.74) is 1.16. The van der Waals surface area contributed by atoms with Crippen LogP contribution in [0.25, 0.3) is 0 Å². The van der Waals surface area contributed by atoms with Crippen LogP contribution in [-0.4, -0.2) is 37.2 Å². The summed E-state index contributed by atoms with van der Waals surface area (Å²) in [6.07, 6.45) is 0. The molecule has 1 aromatic rings. The van der Waals surface area contributed by atoms with Crippen molar-refractivity contribution in [2.75, 3.05) is 21.2 Å². The lowest BCUT2D eigenvalue weighted by Gasteiger charge is -2.11. The molecule has 4 nitrogen and oxygen atoms in total. The Morgan fingerprint density at radius 3 is 2.67 bits per heavy atom. The standard InChI is InChI=1S/C11H15NO3/c1-12(2)7-8-4-5-10(13)9(6-8)11(14)15-3/h4-6,13H,7H2,1-3H3. The average Bonchev–Trinajstić information content (AvgIpc) is 2.19. The van der Waals surface area contributed by atoms with Crippen LogP contribution < -0.4 is 0 Å². The molecule has 0 fully saturated rings. The number of carbonyl (C=O) groups excluding carboxylic acids is 1. The summed E-state index contributed by atoms with van der Waals surface area (Å²) < 4.78 is 4.56. The van der Waals surface area contributed by atoms with Gasteiger partial charge in [-0.05, 0) is 31.8 Å². The van der Waals surface area contributed by atoms with E-state index in [9.17, 15) is 9.90 Å². The highest BCUT2D eigenvalue weighted by molar-refractivity contribution is 5.92. The van der Waals surface area contributed by atoms with Crippen LogP contribution in [0, 0.1) is 0 Å². The van der Waals surface area contributed by atoms with Crippen molar-refractivity contribution in [1.82, 2.24) is 4.90 Å². The van der Waals surface area contributed by atoms with E-state index in [1.807, 2.05) is 19.0 Å². The van der Waals surface area contributed by atoms with Crippen molar-refractivity contribution in [1.29, 1.82) is 0 Å². The largest absolute Gasteiger partial charge is 0.507 e. The van der Waals surface area contributed by atoms with Crippen molar-refractivity contribution in [3.8, 4) is 5.75 Å². The highest BCUT2D eigenvalue weighted by Crippen LogP contribution is 2.19. The van der Waals surface area contributed by atoms with Crippen LogP contribution >= 0.6 is 0 Å². The molecule has 0 saturated heterocycles. The minimum absolute atomic E-state index is 0.0515. The summed E-state index contributed by atoms with van der Waals surface area (Å²) >= 11 is 0. The highest BCUT2D eigenvalue weighted by Gasteiger charge is 2.11. The second kappa shape index (κ2) is 4.79. The maximum absolute atomic E-state index is 11.3. The van der Waals surface area contributed by atoms with Gasteiger partial charge in [0.15, 0.2) is 0 Å². The van der Waals surface area contributed by atoms with Crippen molar-refractivity contribution in [3.05, 3.63) is 29.3 Å². The Labute approximate surface area is 89.1 Å². The topological polar surface area (TPSA) is 49.8 Å². The number of phenolic OH excluding ortho intramolecular Hbond substituents is 1. The van der Waals surface area contributed by atoms with Gasteiger partial charge in [0.1, 0.15) is 11.3 Å². The molecule has 0 amide bonds. The molecule has 0 radical (unpaired) electrons. The van der Waals surface area contributed by atoms with E-state index in [1.165, 1.54) is 13.2 Å². The van der Waals surface area contributed by atoms with E-state index in [0.717, 1.165) is 5.56 Å². The lowest BCUT2D eigenvalue weighted by Crippen LogP contribution is -2.11. The third kappa shape index (κ3) is 2.95. The fourth-order valence-electron chi connectivity index (χ4n) is 1.32. The average molecular weight is 209 g/mol. The van der Waals surface area contributed by atoms with Crippen LogP contribution in [0.5, 0.6) is 5.75 Å². The lowest BCUT2D eigenvalue weighted by molar-refractivity contribution is 0.0597. The SMILES string of the molecule is COC(=O)c1cc(CN(C)C)ccc1O. The molecule has 1 aromatic carbocycles. The first-order valence-corrected chi connectivity index (χ1v) is 4.59. The molecule has 0 aliphatic heterocycles. The summed E-state index contributed by atoms with van der Waals surface area (Å²) in [4.78, 5) is 13.3. The third-order valence-corrected chi connectivity index (χ3v) is 1.97. The van der Waals surface area contributed by atoms with Crippen LogP contribution in [0.15, 0.2) is 18.2 Å². The predicted molar refractivity (Wildman–Crippen MR) is 56.8 cm³/mol. The van der Waals surface area contributed by atoms with Crippen LogP contribution in [0.3, 0.4) is 0 Å². The minimum atomic E-state index is -0.520. The molecule has 0 unspecified atom stereocenters. The molecule has 0 heterocycles. The van der Waals surface area contributed by atoms with Crippen LogP contribution in [0.4, 0.5) is 0 Å². The number of nitrogens with zero attached hydrogens (tertiary/aromatic N) is 1. The van der Waals surface area contributed by atoms with Crippen LogP contribution in [0.1, 0.15) is 15.9 Å². The maximum Gasteiger partial charge on any atom is 0.341 e. The molecule has 0 aromatic heterocycles. The number of ether oxygens (including phenoxy) is 1. The molecular weight excluding hydrogens is 194 g/mol. The lowest BCUT2D eigenvalue weighted by atomic mass is 10.1. The van der Waals surface area contributed by atoms with E-state index >= 15 is 0 Å². The monoisotopic (exact) mass is 209 g/mol. The number of hydrogen-bond acceptors (Lipinski definition) is 4. The number of hydrogen-bond donors (Lipinski definition) is 1. The summed E-state index contributed by atoms with van der Waals surface area (Å²) in [6, 6.07) is 4.92. The molecular formula is C11H15NO3. The first-order chi connectivity index (χ1) is 7.04. The minimum Gasteiger partial charge on any atom is -0.507 e. The van der Waals surface area contributed by atoms with E-state index in [1.54, 1.807) is 12.1 Å². The molecule has 15 heavy (non-hydrogen) atoms. The number of methoxy groups -OCH3 is 1. The molecule has 0 aliphatic rings. The van der Waals surface area contributed by atoms with Gasteiger partial charge < -0.3 is 14.7 Å². The zero-order chi connectivity index (χ0) is 11.4. The Kier molecular flexibility index (Phi) is 3.68. The molecule has 4 heteroatoms. The van der Waals surface area contributed by atoms with Gasteiger partial charge in [-0.3, -0.25) is 0 Å².